The van der Waals surface area contributed by atoms with Crippen LogP contribution in [0.15, 0.2) is 17.2 Å². The summed E-state index contributed by atoms with van der Waals surface area (Å²) in [5.74, 6) is 7.46. The molecule has 0 atom stereocenters. The van der Waals surface area contributed by atoms with Crippen molar-refractivity contribution >= 4 is 22.5 Å². The lowest BCUT2D eigenvalue weighted by Crippen LogP contribution is -2.09. The lowest BCUT2D eigenvalue weighted by molar-refractivity contribution is 0.417. The number of terminal acetylenes is 1. The second-order valence-electron chi connectivity index (χ2n) is 3.11. The third kappa shape index (κ3) is 3.74. The van der Waals surface area contributed by atoms with E-state index in [-0.39, 0.29) is 10.8 Å². The molecule has 2 aromatic rings. The zero-order chi connectivity index (χ0) is 14.3. The van der Waals surface area contributed by atoms with Crippen LogP contribution in [0.4, 0.5) is 0 Å². The number of rotatable bonds is 1. The molecule has 0 spiro atoms. The molecule has 0 radical (unpaired) electrons. The third-order valence-electron chi connectivity index (χ3n) is 1.97. The number of hydrogen-bond donors (Lipinski definition) is 1. The number of nitrogens with one attached hydrogen (secondary N) is 1. The van der Waals surface area contributed by atoms with E-state index in [1.165, 1.54) is 19.5 Å². The molecule has 5 nitrogen and oxygen atoms in total. The quantitative estimate of drug-likeness (QED) is 0.634. The van der Waals surface area contributed by atoms with Gasteiger partial charge in [0.25, 0.3) is 5.56 Å². The highest BCUT2D eigenvalue weighted by Gasteiger charge is 2.08. The van der Waals surface area contributed by atoms with Crippen molar-refractivity contribution in [1.29, 1.82) is 0 Å². The molecule has 0 aliphatic heterocycles. The van der Waals surface area contributed by atoms with Crippen molar-refractivity contribution in [3.8, 4) is 29.9 Å². The number of hydrogen-bond acceptors (Lipinski definition) is 4. The van der Waals surface area contributed by atoms with E-state index in [4.69, 9.17) is 22.8 Å². The molecule has 1 N–H and O–H groups in total. The van der Waals surface area contributed by atoms with Crippen LogP contribution >= 0.6 is 11.6 Å². The largest absolute Gasteiger partial charge is 0.494 e. The van der Waals surface area contributed by atoms with Crippen LogP contribution in [0, 0.1) is 24.2 Å². The zero-order valence-corrected chi connectivity index (χ0v) is 11.1. The van der Waals surface area contributed by atoms with E-state index in [0.717, 1.165) is 0 Å². The lowest BCUT2D eigenvalue weighted by atomic mass is 10.3. The number of pyridine rings is 1. The van der Waals surface area contributed by atoms with Gasteiger partial charge in [0.15, 0.2) is 5.75 Å². The Morgan fingerprint density at radius 3 is 2.74 bits per heavy atom. The third-order valence-corrected chi connectivity index (χ3v) is 2.15. The Kier molecular flexibility index (Phi) is 5.40. The monoisotopic (exact) mass is 275 g/mol. The molecule has 2 rings (SSSR count). The Morgan fingerprint density at radius 2 is 2.21 bits per heavy atom. The molecule has 0 aromatic carbocycles. The Labute approximate surface area is 115 Å². The van der Waals surface area contributed by atoms with E-state index >= 15 is 0 Å². The maximum Gasteiger partial charge on any atom is 0.263 e. The molecule has 96 valence electrons. The minimum absolute atomic E-state index is 0.0394. The van der Waals surface area contributed by atoms with E-state index in [0.29, 0.717) is 16.7 Å². The summed E-state index contributed by atoms with van der Waals surface area (Å²) in [6.07, 6.45) is 7.62. The van der Waals surface area contributed by atoms with Crippen molar-refractivity contribution in [2.24, 2.45) is 0 Å². The number of aromatic amines is 1. The molecule has 0 aliphatic carbocycles. The van der Waals surface area contributed by atoms with Crippen LogP contribution in [-0.2, 0) is 0 Å². The smallest absolute Gasteiger partial charge is 0.263 e. The molecule has 0 amide bonds. The van der Waals surface area contributed by atoms with Crippen molar-refractivity contribution in [2.45, 2.75) is 6.92 Å². The summed E-state index contributed by atoms with van der Waals surface area (Å²) >= 11 is 5.58. The fraction of sp³-hybridized carbons (Fsp3) is 0.154. The van der Waals surface area contributed by atoms with Crippen molar-refractivity contribution in [3.05, 3.63) is 28.0 Å². The van der Waals surface area contributed by atoms with Crippen molar-refractivity contribution in [2.75, 3.05) is 7.11 Å². The van der Waals surface area contributed by atoms with E-state index in [1.54, 1.807) is 6.92 Å². The highest BCUT2D eigenvalue weighted by molar-refractivity contribution is 6.28. The standard InChI is InChI=1S/C8H6ClN3O2.C5H4/c1-14-5-3-10-2-4-6(5)7(13)12-8(9)11-4;1-3-5-4-2/h2-3H,1H3,(H,11,12,13);1H,2H3. The summed E-state index contributed by atoms with van der Waals surface area (Å²) in [7, 11) is 1.46. The minimum atomic E-state index is -0.334. The number of nitrogens with zero attached hydrogens (tertiary/aromatic N) is 2. The lowest BCUT2D eigenvalue weighted by Gasteiger charge is -2.02. The van der Waals surface area contributed by atoms with Gasteiger partial charge in [-0.15, -0.1) is 6.42 Å². The normalized spacial score (nSPS) is 8.53. The molecule has 0 saturated carbocycles. The van der Waals surface area contributed by atoms with Gasteiger partial charge in [0.05, 0.1) is 19.5 Å². The first-order valence-electron chi connectivity index (χ1n) is 5.09. The summed E-state index contributed by atoms with van der Waals surface area (Å²) in [6.45, 7) is 1.71. The first-order valence-corrected chi connectivity index (χ1v) is 5.46. The highest BCUT2D eigenvalue weighted by Crippen LogP contribution is 2.18. The number of methoxy groups -OCH3 is 1. The first-order chi connectivity index (χ1) is 9.13. The van der Waals surface area contributed by atoms with E-state index in [1.807, 2.05) is 0 Å². The molecule has 0 aliphatic rings. The number of fused-ring (bicyclic) bond motifs is 1. The van der Waals surface area contributed by atoms with Crippen LogP contribution in [0.3, 0.4) is 0 Å². The predicted octanol–water partition coefficient (Wildman–Crippen LogP) is 1.62. The van der Waals surface area contributed by atoms with Crippen LogP contribution in [0.2, 0.25) is 5.28 Å². The summed E-state index contributed by atoms with van der Waals surface area (Å²) in [5.41, 5.74) is 0.0809. The second-order valence-corrected chi connectivity index (χ2v) is 3.47. The van der Waals surface area contributed by atoms with Gasteiger partial charge in [-0.25, -0.2) is 4.98 Å². The number of aromatic nitrogens is 3. The number of halogens is 1. The zero-order valence-electron chi connectivity index (χ0n) is 10.3. The maximum atomic E-state index is 11.5. The average Bonchev–Trinajstić information content (AvgIpc) is 2.39. The molecular weight excluding hydrogens is 266 g/mol. The maximum absolute atomic E-state index is 11.5. The van der Waals surface area contributed by atoms with Crippen molar-refractivity contribution in [1.82, 2.24) is 15.0 Å². The van der Waals surface area contributed by atoms with Crippen molar-refractivity contribution in [3.63, 3.8) is 0 Å². The molecule has 0 unspecified atom stereocenters. The summed E-state index contributed by atoms with van der Waals surface area (Å²) in [4.78, 5) is 21.6. The molecule has 19 heavy (non-hydrogen) atoms. The van der Waals surface area contributed by atoms with Gasteiger partial charge in [-0.05, 0) is 30.4 Å². The fourth-order valence-electron chi connectivity index (χ4n) is 1.26. The van der Waals surface area contributed by atoms with Gasteiger partial charge < -0.3 is 4.74 Å². The SMILES string of the molecule is C#CC#CC.COc1cncc2nc(Cl)[nH]c(=O)c12. The van der Waals surface area contributed by atoms with Crippen molar-refractivity contribution < 1.29 is 4.74 Å². The fourth-order valence-corrected chi connectivity index (χ4v) is 1.44. The van der Waals surface area contributed by atoms with Gasteiger partial charge in [0.1, 0.15) is 10.9 Å². The molecule has 2 aromatic heterocycles. The van der Waals surface area contributed by atoms with Gasteiger partial charge in [-0.3, -0.25) is 14.8 Å². The first kappa shape index (κ1) is 14.6. The molecule has 2 heterocycles. The Balaban J connectivity index is 0.000000312. The van der Waals surface area contributed by atoms with Crippen LogP contribution in [0.1, 0.15) is 6.92 Å². The van der Waals surface area contributed by atoms with Gasteiger partial charge in [0.2, 0.25) is 5.28 Å². The molecule has 0 bridgehead atoms. The van der Waals surface area contributed by atoms with E-state index < -0.39 is 0 Å². The topological polar surface area (TPSA) is 67.9 Å². The summed E-state index contributed by atoms with van der Waals surface area (Å²) in [5, 5.41) is 0.393. The van der Waals surface area contributed by atoms with E-state index in [2.05, 4.69) is 32.7 Å². The molecule has 0 fully saturated rings. The highest BCUT2D eigenvalue weighted by atomic mass is 35.5. The molecule has 6 heteroatoms. The summed E-state index contributed by atoms with van der Waals surface area (Å²) in [6, 6.07) is 0. The van der Waals surface area contributed by atoms with Crippen LogP contribution in [0.5, 0.6) is 5.75 Å². The Morgan fingerprint density at radius 1 is 1.47 bits per heavy atom. The van der Waals surface area contributed by atoms with Gasteiger partial charge >= 0.3 is 0 Å². The molecule has 0 saturated heterocycles. The number of ether oxygens (including phenoxy) is 1. The van der Waals surface area contributed by atoms with Gasteiger partial charge in [-0.1, -0.05) is 5.92 Å². The average molecular weight is 276 g/mol. The Bertz CT molecular complexity index is 735. The van der Waals surface area contributed by atoms with Gasteiger partial charge in [0, 0.05) is 0 Å². The minimum Gasteiger partial charge on any atom is -0.494 e. The number of H-pyrrole nitrogens is 1. The van der Waals surface area contributed by atoms with Crippen LogP contribution in [-0.4, -0.2) is 22.1 Å². The second kappa shape index (κ2) is 7.05. The van der Waals surface area contributed by atoms with E-state index in [9.17, 15) is 4.79 Å². The molecular formula is C13H10ClN3O2. The van der Waals surface area contributed by atoms with Crippen LogP contribution in [0.25, 0.3) is 10.9 Å². The van der Waals surface area contributed by atoms with Crippen LogP contribution < -0.4 is 10.3 Å². The summed E-state index contributed by atoms with van der Waals surface area (Å²) < 4.78 is 4.98. The predicted molar refractivity (Wildman–Crippen MR) is 74.0 cm³/mol. The van der Waals surface area contributed by atoms with Gasteiger partial charge in [-0.2, -0.15) is 0 Å². The Hall–Kier alpha value is -2.50.